The molecule has 0 aromatic rings. The van der Waals surface area contributed by atoms with Gasteiger partial charge >= 0.3 is 0 Å². The molecule has 0 amide bonds. The van der Waals surface area contributed by atoms with Crippen molar-refractivity contribution in [2.75, 3.05) is 33.4 Å². The first kappa shape index (κ1) is 12.3. The van der Waals surface area contributed by atoms with Crippen LogP contribution in [0.25, 0.3) is 0 Å². The topological polar surface area (TPSA) is 38.5 Å². The van der Waals surface area contributed by atoms with Gasteiger partial charge in [-0.05, 0) is 45.6 Å². The molecule has 16 heavy (non-hydrogen) atoms. The molecule has 1 saturated carbocycles. The zero-order chi connectivity index (χ0) is 11.6. The van der Waals surface area contributed by atoms with Gasteiger partial charge in [0.1, 0.15) is 0 Å². The number of nitrogens with two attached hydrogens (primary N) is 1. The second-order valence-corrected chi connectivity index (χ2v) is 5.85. The fourth-order valence-electron chi connectivity index (χ4n) is 2.87. The molecule has 0 spiro atoms. The molecule has 2 fully saturated rings. The molecular formula is C13H26N2O. The van der Waals surface area contributed by atoms with Gasteiger partial charge in [-0.3, -0.25) is 0 Å². The summed E-state index contributed by atoms with van der Waals surface area (Å²) in [6.07, 6.45) is 5.23. The zero-order valence-corrected chi connectivity index (χ0v) is 10.7. The van der Waals surface area contributed by atoms with E-state index < -0.39 is 0 Å². The van der Waals surface area contributed by atoms with Crippen LogP contribution in [0.15, 0.2) is 0 Å². The van der Waals surface area contributed by atoms with Gasteiger partial charge in [-0.1, -0.05) is 0 Å². The number of hydrogen-bond acceptors (Lipinski definition) is 3. The van der Waals surface area contributed by atoms with Gasteiger partial charge < -0.3 is 15.4 Å². The van der Waals surface area contributed by atoms with E-state index in [-0.39, 0.29) is 5.41 Å². The van der Waals surface area contributed by atoms with Crippen LogP contribution in [0.5, 0.6) is 0 Å². The predicted molar refractivity (Wildman–Crippen MR) is 66.4 cm³/mol. The third-order valence-corrected chi connectivity index (χ3v) is 4.42. The lowest BCUT2D eigenvalue weighted by Crippen LogP contribution is -2.49. The molecule has 1 heterocycles. The minimum Gasteiger partial charge on any atom is -0.381 e. The van der Waals surface area contributed by atoms with Gasteiger partial charge in [0.15, 0.2) is 0 Å². The molecule has 1 saturated heterocycles. The Kier molecular flexibility index (Phi) is 3.88. The Balaban J connectivity index is 1.88. The highest BCUT2D eigenvalue weighted by molar-refractivity contribution is 4.90. The van der Waals surface area contributed by atoms with E-state index in [0.717, 1.165) is 32.2 Å². The van der Waals surface area contributed by atoms with Crippen molar-refractivity contribution in [3.05, 3.63) is 0 Å². The van der Waals surface area contributed by atoms with Crippen LogP contribution in [0.1, 0.15) is 32.6 Å². The molecule has 2 rings (SSSR count). The van der Waals surface area contributed by atoms with Gasteiger partial charge in [0, 0.05) is 31.2 Å². The number of rotatable bonds is 5. The predicted octanol–water partition coefficient (Wildman–Crippen LogP) is 1.47. The molecule has 0 bridgehead atoms. The first-order valence-electron chi connectivity index (χ1n) is 6.65. The molecule has 2 N–H and O–H groups in total. The van der Waals surface area contributed by atoms with Crippen molar-refractivity contribution in [3.8, 4) is 0 Å². The molecule has 3 nitrogen and oxygen atoms in total. The second-order valence-electron chi connectivity index (χ2n) is 5.85. The smallest absolute Gasteiger partial charge is 0.0546 e. The molecule has 2 aliphatic rings. The number of hydrogen-bond donors (Lipinski definition) is 1. The van der Waals surface area contributed by atoms with Gasteiger partial charge in [-0.15, -0.1) is 0 Å². The van der Waals surface area contributed by atoms with Gasteiger partial charge in [0.05, 0.1) is 6.61 Å². The summed E-state index contributed by atoms with van der Waals surface area (Å²) in [5.41, 5.74) is 6.19. The van der Waals surface area contributed by atoms with Crippen LogP contribution in [0.4, 0.5) is 0 Å². The molecule has 0 aromatic carbocycles. The van der Waals surface area contributed by atoms with E-state index in [2.05, 4.69) is 18.9 Å². The SMILES string of the molecule is CC(C1CC1)N(C)CC1(CN)CCCOC1. The molecule has 3 heteroatoms. The summed E-state index contributed by atoms with van der Waals surface area (Å²) in [4.78, 5) is 2.50. The van der Waals surface area contributed by atoms with Crippen LogP contribution < -0.4 is 5.73 Å². The standard InChI is InChI=1S/C13H26N2O/c1-11(12-4-5-12)15(2)9-13(8-14)6-3-7-16-10-13/h11-12H,3-10,14H2,1-2H3. The molecule has 0 radical (unpaired) electrons. The van der Waals surface area contributed by atoms with E-state index >= 15 is 0 Å². The van der Waals surface area contributed by atoms with E-state index in [0.29, 0.717) is 6.04 Å². The minimum absolute atomic E-state index is 0.218. The van der Waals surface area contributed by atoms with Crippen molar-refractivity contribution in [3.63, 3.8) is 0 Å². The fraction of sp³-hybridized carbons (Fsp3) is 1.00. The lowest BCUT2D eigenvalue weighted by Gasteiger charge is -2.40. The van der Waals surface area contributed by atoms with E-state index in [9.17, 15) is 0 Å². The van der Waals surface area contributed by atoms with Gasteiger partial charge in [0.2, 0.25) is 0 Å². The maximum absolute atomic E-state index is 5.97. The zero-order valence-electron chi connectivity index (χ0n) is 10.7. The van der Waals surface area contributed by atoms with E-state index in [1.165, 1.54) is 25.7 Å². The molecule has 94 valence electrons. The van der Waals surface area contributed by atoms with E-state index in [1.54, 1.807) is 0 Å². The lowest BCUT2D eigenvalue weighted by molar-refractivity contribution is -0.0241. The Morgan fingerprint density at radius 2 is 2.25 bits per heavy atom. The van der Waals surface area contributed by atoms with Crippen LogP contribution in [0, 0.1) is 11.3 Å². The van der Waals surface area contributed by atoms with Crippen LogP contribution in [-0.4, -0.2) is 44.3 Å². The highest BCUT2D eigenvalue weighted by Gasteiger charge is 2.37. The van der Waals surface area contributed by atoms with Crippen LogP contribution in [-0.2, 0) is 4.74 Å². The quantitative estimate of drug-likeness (QED) is 0.771. The summed E-state index contributed by atoms with van der Waals surface area (Å²) in [6.45, 7) is 5.98. The van der Waals surface area contributed by atoms with Crippen molar-refractivity contribution >= 4 is 0 Å². The average molecular weight is 226 g/mol. The summed E-state index contributed by atoms with van der Waals surface area (Å²) < 4.78 is 5.63. The van der Waals surface area contributed by atoms with Crippen molar-refractivity contribution in [2.45, 2.75) is 38.6 Å². The highest BCUT2D eigenvalue weighted by Crippen LogP contribution is 2.36. The van der Waals surface area contributed by atoms with Crippen LogP contribution in [0.3, 0.4) is 0 Å². The van der Waals surface area contributed by atoms with Gasteiger partial charge in [0.25, 0.3) is 0 Å². The molecule has 1 aliphatic heterocycles. The number of ether oxygens (including phenoxy) is 1. The van der Waals surface area contributed by atoms with E-state index in [1.807, 2.05) is 0 Å². The maximum atomic E-state index is 5.97. The Bertz CT molecular complexity index is 222. The average Bonchev–Trinajstić information content (AvgIpc) is 3.13. The molecule has 2 unspecified atom stereocenters. The summed E-state index contributed by atoms with van der Waals surface area (Å²) in [5.74, 6) is 0.935. The summed E-state index contributed by atoms with van der Waals surface area (Å²) >= 11 is 0. The third-order valence-electron chi connectivity index (χ3n) is 4.42. The minimum atomic E-state index is 0.218. The van der Waals surface area contributed by atoms with Crippen molar-refractivity contribution in [1.29, 1.82) is 0 Å². The monoisotopic (exact) mass is 226 g/mol. The van der Waals surface area contributed by atoms with Crippen molar-refractivity contribution < 1.29 is 4.74 Å². The third kappa shape index (κ3) is 2.76. The molecule has 0 aromatic heterocycles. The van der Waals surface area contributed by atoms with Crippen LogP contribution >= 0.6 is 0 Å². The Morgan fingerprint density at radius 1 is 1.50 bits per heavy atom. The first-order chi connectivity index (χ1) is 7.67. The summed E-state index contributed by atoms with van der Waals surface area (Å²) in [6, 6.07) is 0.713. The summed E-state index contributed by atoms with van der Waals surface area (Å²) in [5, 5.41) is 0. The van der Waals surface area contributed by atoms with Crippen molar-refractivity contribution in [1.82, 2.24) is 4.90 Å². The molecular weight excluding hydrogens is 200 g/mol. The van der Waals surface area contributed by atoms with Gasteiger partial charge in [-0.25, -0.2) is 0 Å². The summed E-state index contributed by atoms with van der Waals surface area (Å²) in [7, 11) is 2.25. The number of nitrogens with zero attached hydrogens (tertiary/aromatic N) is 1. The van der Waals surface area contributed by atoms with Crippen molar-refractivity contribution in [2.24, 2.45) is 17.1 Å². The first-order valence-corrected chi connectivity index (χ1v) is 6.65. The van der Waals surface area contributed by atoms with E-state index in [4.69, 9.17) is 10.5 Å². The molecule has 1 aliphatic carbocycles. The molecule has 2 atom stereocenters. The van der Waals surface area contributed by atoms with Gasteiger partial charge in [-0.2, -0.15) is 0 Å². The highest BCUT2D eigenvalue weighted by atomic mass is 16.5. The fourth-order valence-corrected chi connectivity index (χ4v) is 2.87. The second kappa shape index (κ2) is 5.03. The Labute approximate surface area is 99.3 Å². The Morgan fingerprint density at radius 3 is 2.75 bits per heavy atom. The maximum Gasteiger partial charge on any atom is 0.0546 e. The Hall–Kier alpha value is -0.120. The largest absolute Gasteiger partial charge is 0.381 e. The lowest BCUT2D eigenvalue weighted by atomic mass is 9.81. The normalized spacial score (nSPS) is 33.0. The van der Waals surface area contributed by atoms with Crippen LogP contribution in [0.2, 0.25) is 0 Å².